The summed E-state index contributed by atoms with van der Waals surface area (Å²) in [4.78, 5) is 12.1. The highest BCUT2D eigenvalue weighted by atomic mass is 16.6. The van der Waals surface area contributed by atoms with E-state index in [9.17, 15) is 4.79 Å². The van der Waals surface area contributed by atoms with Crippen molar-refractivity contribution in [2.75, 3.05) is 5.32 Å². The van der Waals surface area contributed by atoms with Crippen LogP contribution in [0, 0.1) is 0 Å². The van der Waals surface area contributed by atoms with E-state index in [-0.39, 0.29) is 5.97 Å². The highest BCUT2D eigenvalue weighted by molar-refractivity contribution is 5.94. The second kappa shape index (κ2) is 6.94. The second-order valence-corrected chi connectivity index (χ2v) is 5.95. The van der Waals surface area contributed by atoms with Crippen molar-refractivity contribution in [3.63, 3.8) is 0 Å². The maximum Gasteiger partial charge on any atom is 0.333 e. The lowest BCUT2D eigenvalue weighted by molar-refractivity contribution is -0.148. The van der Waals surface area contributed by atoms with Gasteiger partial charge >= 0.3 is 5.97 Å². The third kappa shape index (κ3) is 5.09. The Bertz CT molecular complexity index is 640. The van der Waals surface area contributed by atoms with Gasteiger partial charge in [0.2, 0.25) is 0 Å². The topological polar surface area (TPSA) is 38.3 Å². The Labute approximate surface area is 131 Å². The zero-order valence-corrected chi connectivity index (χ0v) is 13.2. The summed E-state index contributed by atoms with van der Waals surface area (Å²) in [7, 11) is 0. The molecule has 3 heteroatoms. The number of carbonyl (C=O) groups is 1. The molecule has 22 heavy (non-hydrogen) atoms. The lowest BCUT2D eigenvalue weighted by atomic mass is 10.1. The molecule has 0 aliphatic carbocycles. The molecule has 0 radical (unpaired) electrons. The van der Waals surface area contributed by atoms with Gasteiger partial charge in [-0.15, -0.1) is 0 Å². The molecule has 0 aliphatic rings. The first-order valence-corrected chi connectivity index (χ1v) is 7.26. The first-order chi connectivity index (χ1) is 10.4. The van der Waals surface area contributed by atoms with Crippen molar-refractivity contribution in [3.8, 4) is 0 Å². The van der Waals surface area contributed by atoms with E-state index in [1.165, 1.54) is 6.08 Å². The molecule has 0 saturated heterocycles. The molecule has 0 heterocycles. The number of rotatable bonds is 4. The molecule has 2 aromatic rings. The summed E-state index contributed by atoms with van der Waals surface area (Å²) >= 11 is 0. The third-order valence-corrected chi connectivity index (χ3v) is 2.81. The minimum Gasteiger partial charge on any atom is -0.457 e. The quantitative estimate of drug-likeness (QED) is 0.667. The fraction of sp³-hybridized carbons (Fsp3) is 0.211. The summed E-state index contributed by atoms with van der Waals surface area (Å²) in [5.74, 6) is -0.366. The van der Waals surface area contributed by atoms with E-state index in [0.717, 1.165) is 11.3 Å². The van der Waals surface area contributed by atoms with E-state index < -0.39 is 5.60 Å². The lowest BCUT2D eigenvalue weighted by Crippen LogP contribution is -2.23. The molecule has 0 amide bonds. The highest BCUT2D eigenvalue weighted by Gasteiger charge is 2.15. The molecule has 0 atom stereocenters. The van der Waals surface area contributed by atoms with Gasteiger partial charge in [-0.05, 0) is 38.5 Å². The maximum absolute atomic E-state index is 12.1. The number of benzene rings is 2. The average molecular weight is 295 g/mol. The Hall–Kier alpha value is -2.55. The molecule has 0 saturated carbocycles. The van der Waals surface area contributed by atoms with Gasteiger partial charge in [0.25, 0.3) is 0 Å². The number of para-hydroxylation sites is 1. The van der Waals surface area contributed by atoms with E-state index in [0.29, 0.717) is 5.70 Å². The van der Waals surface area contributed by atoms with Crippen molar-refractivity contribution in [1.82, 2.24) is 0 Å². The van der Waals surface area contributed by atoms with Crippen LogP contribution in [0.1, 0.15) is 26.3 Å². The van der Waals surface area contributed by atoms with Gasteiger partial charge in [0.15, 0.2) is 0 Å². The van der Waals surface area contributed by atoms with Gasteiger partial charge in [0, 0.05) is 11.8 Å². The van der Waals surface area contributed by atoms with Crippen molar-refractivity contribution in [1.29, 1.82) is 0 Å². The number of anilines is 1. The summed E-state index contributed by atoms with van der Waals surface area (Å²) in [6.45, 7) is 5.56. The molecule has 0 aliphatic heterocycles. The van der Waals surface area contributed by atoms with Crippen LogP contribution >= 0.6 is 0 Å². The van der Waals surface area contributed by atoms with Crippen LogP contribution in [-0.4, -0.2) is 11.6 Å². The number of carbonyl (C=O) groups excluding carboxylic acids is 1. The smallest absolute Gasteiger partial charge is 0.333 e. The zero-order valence-electron chi connectivity index (χ0n) is 13.2. The largest absolute Gasteiger partial charge is 0.457 e. The summed E-state index contributed by atoms with van der Waals surface area (Å²) < 4.78 is 5.37. The Kier molecular flexibility index (Phi) is 4.99. The molecule has 0 unspecified atom stereocenters. The number of esters is 1. The molecule has 0 spiro atoms. The van der Waals surface area contributed by atoms with Gasteiger partial charge < -0.3 is 10.1 Å². The van der Waals surface area contributed by atoms with Crippen LogP contribution in [-0.2, 0) is 9.53 Å². The van der Waals surface area contributed by atoms with E-state index in [2.05, 4.69) is 5.32 Å². The van der Waals surface area contributed by atoms with Gasteiger partial charge in [-0.25, -0.2) is 4.79 Å². The van der Waals surface area contributed by atoms with Crippen molar-refractivity contribution in [3.05, 3.63) is 72.3 Å². The maximum atomic E-state index is 12.1. The number of hydrogen-bond donors (Lipinski definition) is 1. The number of hydrogen-bond acceptors (Lipinski definition) is 3. The van der Waals surface area contributed by atoms with Gasteiger partial charge in [-0.2, -0.15) is 0 Å². The van der Waals surface area contributed by atoms with Crippen LogP contribution < -0.4 is 5.32 Å². The van der Waals surface area contributed by atoms with Crippen molar-refractivity contribution >= 4 is 17.4 Å². The number of ether oxygens (including phenoxy) is 1. The van der Waals surface area contributed by atoms with Crippen LogP contribution in [0.3, 0.4) is 0 Å². The SMILES string of the molecule is CC(C)(C)OC(=O)/C=C(\Nc1ccccc1)c1ccccc1. The van der Waals surface area contributed by atoms with Crippen LogP contribution in [0.5, 0.6) is 0 Å². The van der Waals surface area contributed by atoms with Gasteiger partial charge in [0.05, 0.1) is 5.70 Å². The number of nitrogens with one attached hydrogen (secondary N) is 1. The van der Waals surface area contributed by atoms with Gasteiger partial charge in [0.1, 0.15) is 5.60 Å². The first kappa shape index (κ1) is 15.8. The van der Waals surface area contributed by atoms with Crippen molar-refractivity contribution in [2.24, 2.45) is 0 Å². The molecule has 2 aromatic carbocycles. The van der Waals surface area contributed by atoms with Crippen molar-refractivity contribution in [2.45, 2.75) is 26.4 Å². The second-order valence-electron chi connectivity index (χ2n) is 5.95. The Morgan fingerprint density at radius 1 is 0.955 bits per heavy atom. The fourth-order valence-corrected chi connectivity index (χ4v) is 1.94. The van der Waals surface area contributed by atoms with Crippen molar-refractivity contribution < 1.29 is 9.53 Å². The summed E-state index contributed by atoms with van der Waals surface area (Å²) in [5.41, 5.74) is 2.04. The molecular formula is C19H21NO2. The van der Waals surface area contributed by atoms with Crippen LogP contribution in [0.25, 0.3) is 5.70 Å². The van der Waals surface area contributed by atoms with E-state index >= 15 is 0 Å². The minimum absolute atomic E-state index is 0.366. The normalized spacial score (nSPS) is 11.9. The molecular weight excluding hydrogens is 274 g/mol. The fourth-order valence-electron chi connectivity index (χ4n) is 1.94. The van der Waals surface area contributed by atoms with Gasteiger partial charge in [-0.1, -0.05) is 48.5 Å². The third-order valence-electron chi connectivity index (χ3n) is 2.81. The average Bonchev–Trinajstić information content (AvgIpc) is 2.47. The van der Waals surface area contributed by atoms with Crippen LogP contribution in [0.15, 0.2) is 66.7 Å². The Balaban J connectivity index is 2.28. The highest BCUT2D eigenvalue weighted by Crippen LogP contribution is 2.19. The molecule has 3 nitrogen and oxygen atoms in total. The molecule has 0 bridgehead atoms. The molecule has 114 valence electrons. The molecule has 0 aromatic heterocycles. The lowest BCUT2D eigenvalue weighted by Gasteiger charge is -2.19. The van der Waals surface area contributed by atoms with E-state index in [1.54, 1.807) is 0 Å². The summed E-state index contributed by atoms with van der Waals surface area (Å²) in [5, 5.41) is 3.27. The molecule has 2 rings (SSSR count). The minimum atomic E-state index is -0.512. The van der Waals surface area contributed by atoms with E-state index in [4.69, 9.17) is 4.74 Å². The van der Waals surface area contributed by atoms with Crippen LogP contribution in [0.4, 0.5) is 5.69 Å². The van der Waals surface area contributed by atoms with Crippen LogP contribution in [0.2, 0.25) is 0 Å². The summed E-state index contributed by atoms with van der Waals surface area (Å²) in [6, 6.07) is 19.4. The molecule has 0 fully saturated rings. The van der Waals surface area contributed by atoms with Gasteiger partial charge in [-0.3, -0.25) is 0 Å². The first-order valence-electron chi connectivity index (χ1n) is 7.26. The standard InChI is InChI=1S/C19H21NO2/c1-19(2,3)22-18(21)14-17(15-10-6-4-7-11-15)20-16-12-8-5-9-13-16/h4-14,20H,1-3H3/b17-14-. The summed E-state index contributed by atoms with van der Waals surface area (Å²) in [6.07, 6.45) is 1.49. The monoisotopic (exact) mass is 295 g/mol. The predicted molar refractivity (Wildman–Crippen MR) is 90.3 cm³/mol. The van der Waals surface area contributed by atoms with E-state index in [1.807, 2.05) is 81.4 Å². The Morgan fingerprint density at radius 3 is 2.05 bits per heavy atom. The predicted octanol–water partition coefficient (Wildman–Crippen LogP) is 4.48. The molecule has 1 N–H and O–H groups in total. The Morgan fingerprint density at radius 2 is 1.50 bits per heavy atom. The zero-order chi connectivity index (χ0) is 16.0.